The molecule has 0 atom stereocenters. The Bertz CT molecular complexity index is 406. The molecular weight excluding hydrogens is 328 g/mol. The molecule has 1 fully saturated rings. The van der Waals surface area contributed by atoms with Gasteiger partial charge in [0.2, 0.25) is 0 Å². The molecule has 0 bridgehead atoms. The van der Waals surface area contributed by atoms with Crippen molar-refractivity contribution in [2.45, 2.75) is 88.6 Å². The molecule has 1 aromatic carbocycles. The minimum Gasteiger partial charge on any atom is -0.143 e. The number of aryl methyl sites for hydroxylation is 1. The fourth-order valence-corrected chi connectivity index (χ4v) is 6.23. The van der Waals surface area contributed by atoms with Gasteiger partial charge in [0.25, 0.3) is 0 Å². The zero-order valence-corrected chi connectivity index (χ0v) is 17.2. The predicted octanol–water partition coefficient (Wildman–Crippen LogP) is 8.02. The van der Waals surface area contributed by atoms with Crippen molar-refractivity contribution in [3.8, 4) is 0 Å². The lowest BCUT2D eigenvalue weighted by Crippen LogP contribution is -2.00. The van der Waals surface area contributed by atoms with Gasteiger partial charge in [-0.2, -0.15) is 0 Å². The van der Waals surface area contributed by atoms with Gasteiger partial charge in [-0.15, -0.1) is 23.5 Å². The van der Waals surface area contributed by atoms with Crippen molar-refractivity contribution in [3.63, 3.8) is 0 Å². The molecule has 0 aliphatic carbocycles. The first-order chi connectivity index (χ1) is 11.9. The molecule has 0 aromatic heterocycles. The Morgan fingerprint density at radius 2 is 1.29 bits per heavy atom. The zero-order valence-electron chi connectivity index (χ0n) is 15.6. The van der Waals surface area contributed by atoms with Crippen molar-refractivity contribution in [1.29, 1.82) is 0 Å². The van der Waals surface area contributed by atoms with E-state index in [0.717, 1.165) is 0 Å². The van der Waals surface area contributed by atoms with Crippen molar-refractivity contribution in [2.24, 2.45) is 0 Å². The first-order valence-corrected chi connectivity index (χ1v) is 12.3. The largest absolute Gasteiger partial charge is 0.143 e. The van der Waals surface area contributed by atoms with Gasteiger partial charge in [-0.3, -0.25) is 0 Å². The fourth-order valence-electron chi connectivity index (χ4n) is 3.34. The van der Waals surface area contributed by atoms with E-state index in [1.54, 1.807) is 0 Å². The Kier molecular flexibility index (Phi) is 11.1. The Balaban J connectivity index is 1.50. The smallest absolute Gasteiger partial charge is 0.0751 e. The summed E-state index contributed by atoms with van der Waals surface area (Å²) in [6, 6.07) is 9.50. The quantitative estimate of drug-likeness (QED) is 0.344. The van der Waals surface area contributed by atoms with Gasteiger partial charge < -0.3 is 0 Å². The molecule has 1 aliphatic rings. The SMILES string of the molecule is CCCCCCCCCCCCc1ccc(C2SCCCS2)cc1. The van der Waals surface area contributed by atoms with E-state index in [1.807, 2.05) is 0 Å². The lowest BCUT2D eigenvalue weighted by Gasteiger charge is -2.21. The third kappa shape index (κ3) is 8.34. The monoisotopic (exact) mass is 364 g/mol. The highest BCUT2D eigenvalue weighted by atomic mass is 32.2. The van der Waals surface area contributed by atoms with Crippen LogP contribution in [0.4, 0.5) is 0 Å². The van der Waals surface area contributed by atoms with E-state index < -0.39 is 0 Å². The van der Waals surface area contributed by atoms with E-state index in [-0.39, 0.29) is 0 Å². The number of unbranched alkanes of at least 4 members (excludes halogenated alkanes) is 9. The molecule has 0 unspecified atom stereocenters. The van der Waals surface area contributed by atoms with Crippen molar-refractivity contribution in [1.82, 2.24) is 0 Å². The maximum Gasteiger partial charge on any atom is 0.0751 e. The summed E-state index contributed by atoms with van der Waals surface area (Å²) in [6.07, 6.45) is 16.9. The van der Waals surface area contributed by atoms with Crippen LogP contribution in [0.1, 0.15) is 93.3 Å². The van der Waals surface area contributed by atoms with Gasteiger partial charge in [-0.25, -0.2) is 0 Å². The molecule has 2 rings (SSSR count). The second kappa shape index (κ2) is 13.2. The van der Waals surface area contributed by atoms with Gasteiger partial charge in [0, 0.05) is 0 Å². The van der Waals surface area contributed by atoms with E-state index >= 15 is 0 Å². The summed E-state index contributed by atoms with van der Waals surface area (Å²) in [7, 11) is 0. The Labute approximate surface area is 159 Å². The van der Waals surface area contributed by atoms with Gasteiger partial charge >= 0.3 is 0 Å². The fraction of sp³-hybridized carbons (Fsp3) is 0.727. The summed E-state index contributed by atoms with van der Waals surface area (Å²) in [6.45, 7) is 2.29. The maximum atomic E-state index is 2.38. The van der Waals surface area contributed by atoms with Crippen LogP contribution in [-0.2, 0) is 6.42 Å². The molecule has 1 aliphatic heterocycles. The molecule has 1 heterocycles. The van der Waals surface area contributed by atoms with Crippen LogP contribution in [0, 0.1) is 0 Å². The second-order valence-corrected chi connectivity index (χ2v) is 9.82. The van der Waals surface area contributed by atoms with Crippen molar-refractivity contribution in [2.75, 3.05) is 11.5 Å². The molecule has 0 saturated carbocycles. The van der Waals surface area contributed by atoms with Gasteiger partial charge in [0.05, 0.1) is 4.58 Å². The van der Waals surface area contributed by atoms with Crippen LogP contribution in [-0.4, -0.2) is 11.5 Å². The standard InChI is InChI=1S/C22H36S2/c1-2-3-4-5-6-7-8-9-10-11-13-20-14-16-21(17-15-20)22-23-18-12-19-24-22/h14-17,22H,2-13,18-19H2,1H3. The molecule has 2 heteroatoms. The molecule has 0 nitrogen and oxygen atoms in total. The van der Waals surface area contributed by atoms with Gasteiger partial charge in [-0.1, -0.05) is 89.0 Å². The lowest BCUT2D eigenvalue weighted by molar-refractivity contribution is 0.556. The Morgan fingerprint density at radius 3 is 1.88 bits per heavy atom. The predicted molar refractivity (Wildman–Crippen MR) is 114 cm³/mol. The van der Waals surface area contributed by atoms with E-state index in [0.29, 0.717) is 4.58 Å². The summed E-state index contributed by atoms with van der Waals surface area (Å²) in [5.74, 6) is 2.66. The third-order valence-corrected chi connectivity index (χ3v) is 7.91. The molecule has 1 saturated heterocycles. The van der Waals surface area contributed by atoms with Crippen LogP contribution in [0.2, 0.25) is 0 Å². The Hall–Kier alpha value is -0.0800. The highest BCUT2D eigenvalue weighted by molar-refractivity contribution is 8.16. The van der Waals surface area contributed by atoms with E-state index in [4.69, 9.17) is 0 Å². The topological polar surface area (TPSA) is 0 Å². The van der Waals surface area contributed by atoms with E-state index in [1.165, 1.54) is 99.7 Å². The number of thioether (sulfide) groups is 2. The molecule has 0 radical (unpaired) electrons. The Morgan fingerprint density at radius 1 is 0.750 bits per heavy atom. The first-order valence-electron chi connectivity index (χ1n) is 10.2. The summed E-state index contributed by atoms with van der Waals surface area (Å²) in [4.78, 5) is 0. The molecule has 0 spiro atoms. The molecule has 0 amide bonds. The van der Waals surface area contributed by atoms with Gasteiger partial charge in [0.15, 0.2) is 0 Å². The van der Waals surface area contributed by atoms with Crippen LogP contribution in [0.5, 0.6) is 0 Å². The summed E-state index contributed by atoms with van der Waals surface area (Å²) in [5.41, 5.74) is 3.06. The van der Waals surface area contributed by atoms with Gasteiger partial charge in [-0.05, 0) is 41.9 Å². The average molecular weight is 365 g/mol. The lowest BCUT2D eigenvalue weighted by atomic mass is 10.0. The van der Waals surface area contributed by atoms with Crippen LogP contribution in [0.3, 0.4) is 0 Å². The highest BCUT2D eigenvalue weighted by Crippen LogP contribution is 2.43. The maximum absolute atomic E-state index is 2.38. The van der Waals surface area contributed by atoms with E-state index in [9.17, 15) is 0 Å². The molecule has 0 N–H and O–H groups in total. The number of benzene rings is 1. The molecule has 1 aromatic rings. The average Bonchev–Trinajstić information content (AvgIpc) is 2.64. The van der Waals surface area contributed by atoms with Crippen molar-refractivity contribution < 1.29 is 0 Å². The second-order valence-electron chi connectivity index (χ2n) is 7.10. The normalized spacial score (nSPS) is 15.7. The number of rotatable bonds is 12. The molecular formula is C22H36S2. The van der Waals surface area contributed by atoms with Gasteiger partial charge in [0.1, 0.15) is 0 Å². The van der Waals surface area contributed by atoms with Crippen LogP contribution >= 0.6 is 23.5 Å². The number of hydrogen-bond acceptors (Lipinski definition) is 2. The summed E-state index contributed by atoms with van der Waals surface area (Å²) in [5, 5.41) is 0. The van der Waals surface area contributed by atoms with Crippen LogP contribution in [0.15, 0.2) is 24.3 Å². The minimum atomic E-state index is 0.685. The van der Waals surface area contributed by atoms with E-state index in [2.05, 4.69) is 54.7 Å². The molecule has 136 valence electrons. The van der Waals surface area contributed by atoms with Crippen LogP contribution < -0.4 is 0 Å². The highest BCUT2D eigenvalue weighted by Gasteiger charge is 2.15. The summed E-state index contributed by atoms with van der Waals surface area (Å²) >= 11 is 4.24. The summed E-state index contributed by atoms with van der Waals surface area (Å²) < 4.78 is 0.685. The van der Waals surface area contributed by atoms with Crippen LogP contribution in [0.25, 0.3) is 0 Å². The third-order valence-electron chi connectivity index (χ3n) is 4.90. The molecule has 24 heavy (non-hydrogen) atoms. The number of hydrogen-bond donors (Lipinski definition) is 0. The minimum absolute atomic E-state index is 0.685. The van der Waals surface area contributed by atoms with Crippen molar-refractivity contribution in [3.05, 3.63) is 35.4 Å². The first kappa shape index (κ1) is 20.2. The zero-order chi connectivity index (χ0) is 16.9. The van der Waals surface area contributed by atoms with Crippen molar-refractivity contribution >= 4 is 23.5 Å².